The molecule has 0 aromatic carbocycles. The van der Waals surface area contributed by atoms with Crippen LogP contribution in [0.15, 0.2) is 0 Å². The molecule has 0 aliphatic carbocycles. The minimum absolute atomic E-state index is 0.0928. The van der Waals surface area contributed by atoms with Crippen molar-refractivity contribution in [3.8, 4) is 0 Å². The second-order valence-electron chi connectivity index (χ2n) is 6.25. The fraction of sp³-hybridized carbons (Fsp3) is 0.867. The first-order valence-electron chi connectivity index (χ1n) is 7.96. The van der Waals surface area contributed by atoms with Crippen molar-refractivity contribution in [2.45, 2.75) is 65.3 Å². The van der Waals surface area contributed by atoms with Gasteiger partial charge in [0.25, 0.3) is 0 Å². The number of carbonyl (C=O) groups excluding carboxylic acids is 2. The van der Waals surface area contributed by atoms with Gasteiger partial charge in [-0.2, -0.15) is 0 Å². The molecule has 0 fully saturated rings. The number of ether oxygens (including phenoxy) is 1. The molecule has 0 bridgehead atoms. The van der Waals surface area contributed by atoms with Crippen LogP contribution in [0.25, 0.3) is 0 Å². The lowest BCUT2D eigenvalue weighted by Gasteiger charge is -2.25. The van der Waals surface area contributed by atoms with Crippen LogP contribution < -0.4 is 5.32 Å². The average molecular weight is 386 g/mol. The quantitative estimate of drug-likeness (QED) is 0.455. The molecule has 2 atom stereocenters. The maximum atomic E-state index is 12.6. The largest absolute Gasteiger partial charge is 0.444 e. The first kappa shape index (κ1) is 23.4. The van der Waals surface area contributed by atoms with Gasteiger partial charge >= 0.3 is 13.7 Å². The molecular formula is C15H29ClNO6P. The molecule has 1 N–H and O–H groups in total. The monoisotopic (exact) mass is 385 g/mol. The molecule has 0 spiro atoms. The fourth-order valence-corrected chi connectivity index (χ4v) is 3.81. The number of alkyl carbamates (subject to hydrolysis) is 1. The van der Waals surface area contributed by atoms with E-state index in [4.69, 9.17) is 25.4 Å². The van der Waals surface area contributed by atoms with Crippen LogP contribution in [-0.2, 0) is 23.1 Å². The molecule has 0 saturated carbocycles. The molecule has 9 heteroatoms. The van der Waals surface area contributed by atoms with E-state index in [1.165, 1.54) is 0 Å². The van der Waals surface area contributed by atoms with Gasteiger partial charge in [-0.3, -0.25) is 9.36 Å². The second kappa shape index (κ2) is 10.4. The maximum Gasteiger partial charge on any atom is 0.408 e. The van der Waals surface area contributed by atoms with Gasteiger partial charge in [0.2, 0.25) is 0 Å². The van der Waals surface area contributed by atoms with Crippen LogP contribution in [0.3, 0.4) is 0 Å². The van der Waals surface area contributed by atoms with Crippen LogP contribution >= 0.6 is 19.2 Å². The third-order valence-electron chi connectivity index (χ3n) is 2.89. The van der Waals surface area contributed by atoms with Crippen LogP contribution in [0.1, 0.15) is 48.0 Å². The van der Waals surface area contributed by atoms with E-state index in [2.05, 4.69) is 5.32 Å². The van der Waals surface area contributed by atoms with Crippen LogP contribution in [0.2, 0.25) is 0 Å². The molecule has 24 heavy (non-hydrogen) atoms. The Morgan fingerprint density at radius 3 is 2.04 bits per heavy atom. The molecule has 0 radical (unpaired) electrons. The Morgan fingerprint density at radius 2 is 1.67 bits per heavy atom. The summed E-state index contributed by atoms with van der Waals surface area (Å²) in [6, 6.07) is -0.930. The van der Waals surface area contributed by atoms with E-state index in [0.717, 1.165) is 0 Å². The Bertz CT molecular complexity index is 455. The number of rotatable bonds is 10. The molecule has 0 unspecified atom stereocenters. The molecule has 1 amide bonds. The molecule has 0 aliphatic rings. The lowest BCUT2D eigenvalue weighted by molar-refractivity contribution is -0.120. The van der Waals surface area contributed by atoms with Crippen molar-refractivity contribution in [2.24, 2.45) is 0 Å². The predicted octanol–water partition coefficient (Wildman–Crippen LogP) is 3.73. The van der Waals surface area contributed by atoms with Crippen molar-refractivity contribution in [1.29, 1.82) is 0 Å². The third-order valence-corrected chi connectivity index (χ3v) is 5.70. The van der Waals surface area contributed by atoms with Gasteiger partial charge in [-0.15, -0.1) is 11.6 Å². The zero-order valence-corrected chi connectivity index (χ0v) is 16.9. The molecule has 142 valence electrons. The summed E-state index contributed by atoms with van der Waals surface area (Å²) in [6.07, 6.45) is -0.822. The van der Waals surface area contributed by atoms with Crippen molar-refractivity contribution in [3.63, 3.8) is 0 Å². The van der Waals surface area contributed by atoms with Gasteiger partial charge in [-0.05, 0) is 34.6 Å². The summed E-state index contributed by atoms with van der Waals surface area (Å²) < 4.78 is 28.2. The SMILES string of the molecule is CCOP(=O)(OCC)[C@H](C)CC(=O)[C@H](CCl)NC(=O)OC(C)(C)C. The zero-order valence-electron chi connectivity index (χ0n) is 15.3. The van der Waals surface area contributed by atoms with E-state index in [9.17, 15) is 14.2 Å². The van der Waals surface area contributed by atoms with E-state index in [0.29, 0.717) is 0 Å². The summed E-state index contributed by atoms with van der Waals surface area (Å²) >= 11 is 5.78. The molecule has 7 nitrogen and oxygen atoms in total. The third kappa shape index (κ3) is 8.47. The summed E-state index contributed by atoms with van der Waals surface area (Å²) in [5, 5.41) is 2.43. The van der Waals surface area contributed by atoms with Crippen molar-refractivity contribution in [3.05, 3.63) is 0 Å². The van der Waals surface area contributed by atoms with E-state index in [-0.39, 0.29) is 31.3 Å². The summed E-state index contributed by atoms with van der Waals surface area (Å²) in [4.78, 5) is 24.1. The number of halogens is 1. The second-order valence-corrected chi connectivity index (χ2v) is 9.03. The van der Waals surface area contributed by atoms with Crippen molar-refractivity contribution < 1.29 is 27.9 Å². The number of Topliss-reactive ketones (excluding diaryl/α,β-unsaturated/α-hetero) is 1. The van der Waals surface area contributed by atoms with Gasteiger partial charge in [-0.1, -0.05) is 6.92 Å². The first-order valence-corrected chi connectivity index (χ1v) is 10.1. The van der Waals surface area contributed by atoms with Crippen LogP contribution in [-0.4, -0.2) is 48.3 Å². The minimum atomic E-state index is -3.39. The van der Waals surface area contributed by atoms with Gasteiger partial charge in [0, 0.05) is 12.3 Å². The minimum Gasteiger partial charge on any atom is -0.444 e. The number of ketones is 1. The molecule has 0 heterocycles. The number of hydrogen-bond donors (Lipinski definition) is 1. The Labute approximate surface area is 149 Å². The van der Waals surface area contributed by atoms with E-state index >= 15 is 0 Å². The lowest BCUT2D eigenvalue weighted by Crippen LogP contribution is -2.45. The van der Waals surface area contributed by atoms with Crippen molar-refractivity contribution >= 4 is 31.1 Å². The highest BCUT2D eigenvalue weighted by molar-refractivity contribution is 7.54. The number of hydrogen-bond acceptors (Lipinski definition) is 6. The fourth-order valence-electron chi connectivity index (χ4n) is 1.85. The van der Waals surface area contributed by atoms with Gasteiger partial charge in [0.05, 0.1) is 18.9 Å². The van der Waals surface area contributed by atoms with Gasteiger partial charge in [0.15, 0.2) is 5.78 Å². The summed E-state index contributed by atoms with van der Waals surface area (Å²) in [5.74, 6) is -0.471. The van der Waals surface area contributed by atoms with Gasteiger partial charge < -0.3 is 19.1 Å². The van der Waals surface area contributed by atoms with Gasteiger partial charge in [-0.25, -0.2) is 4.79 Å². The predicted molar refractivity (Wildman–Crippen MR) is 93.8 cm³/mol. The van der Waals surface area contributed by atoms with Crippen LogP contribution in [0.5, 0.6) is 0 Å². The van der Waals surface area contributed by atoms with Crippen LogP contribution in [0.4, 0.5) is 4.79 Å². The smallest absolute Gasteiger partial charge is 0.408 e. The summed E-state index contributed by atoms with van der Waals surface area (Å²) in [5.41, 5.74) is -1.33. The molecule has 0 aliphatic heterocycles. The number of carbonyl (C=O) groups is 2. The molecule has 0 rings (SSSR count). The average Bonchev–Trinajstić information content (AvgIpc) is 2.43. The number of amides is 1. The summed E-state index contributed by atoms with van der Waals surface area (Å²) in [6.45, 7) is 10.6. The Morgan fingerprint density at radius 1 is 1.17 bits per heavy atom. The molecule has 0 aromatic rings. The highest BCUT2D eigenvalue weighted by atomic mass is 35.5. The standard InChI is InChI=1S/C15H29ClNO6P/c1-7-21-24(20,22-8-2)11(3)9-13(18)12(10-16)17-14(19)23-15(4,5)6/h11-12H,7-10H2,1-6H3,(H,17,19)/t11-,12+/m1/s1. The van der Waals surface area contributed by atoms with Gasteiger partial charge in [0.1, 0.15) is 11.6 Å². The Kier molecular flexibility index (Phi) is 10.1. The highest BCUT2D eigenvalue weighted by Crippen LogP contribution is 2.54. The Hall–Kier alpha value is -0.620. The molecule has 0 saturated heterocycles. The van der Waals surface area contributed by atoms with Crippen LogP contribution in [0, 0.1) is 0 Å². The Balaban J connectivity index is 4.85. The van der Waals surface area contributed by atoms with E-state index in [1.807, 2.05) is 0 Å². The van der Waals surface area contributed by atoms with Crippen molar-refractivity contribution in [1.82, 2.24) is 5.32 Å². The molecule has 0 aromatic heterocycles. The molecular weight excluding hydrogens is 357 g/mol. The van der Waals surface area contributed by atoms with E-state index < -0.39 is 31.0 Å². The zero-order chi connectivity index (χ0) is 19.0. The number of alkyl halides is 1. The topological polar surface area (TPSA) is 90.9 Å². The van der Waals surface area contributed by atoms with E-state index in [1.54, 1.807) is 41.5 Å². The van der Waals surface area contributed by atoms with Crippen molar-refractivity contribution in [2.75, 3.05) is 19.1 Å². The normalized spacial score (nSPS) is 14.8. The highest BCUT2D eigenvalue weighted by Gasteiger charge is 2.35. The maximum absolute atomic E-state index is 12.6. The summed E-state index contributed by atoms with van der Waals surface area (Å²) in [7, 11) is -3.39. The number of nitrogens with one attached hydrogen (secondary N) is 1. The lowest BCUT2D eigenvalue weighted by atomic mass is 10.1. The first-order chi connectivity index (χ1) is 11.0.